The van der Waals surface area contributed by atoms with Crippen LogP contribution in [0.15, 0.2) is 12.1 Å². The molecule has 1 aliphatic rings. The van der Waals surface area contributed by atoms with Crippen molar-refractivity contribution in [3.8, 4) is 17.6 Å². The molecule has 150 valence electrons. The van der Waals surface area contributed by atoms with E-state index in [1.165, 1.54) is 4.68 Å². The molecule has 1 N–H and O–H groups in total. The van der Waals surface area contributed by atoms with Gasteiger partial charge in [0, 0.05) is 12.2 Å². The molecule has 3 rings (SSSR count). The Morgan fingerprint density at radius 3 is 2.32 bits per heavy atom. The number of aromatic nitrogens is 2. The standard InChI is InChI=1S/C20H25N3O4S/c1-12-8-15(9-13(2)16(12)10-21)27-18-17(14-6-7-14)22-23(11-28(5,25)26)19(18)20(3,4)24/h8-9,14,24H,6-7,11H2,1-5H3. The number of hydrogen-bond donors (Lipinski definition) is 1. The Kier molecular flexibility index (Phi) is 5.02. The second-order valence-corrected chi connectivity index (χ2v) is 10.2. The van der Waals surface area contributed by atoms with E-state index in [1.807, 2.05) is 13.8 Å². The number of aryl methyl sites for hydroxylation is 2. The van der Waals surface area contributed by atoms with Crippen LogP contribution < -0.4 is 4.74 Å². The van der Waals surface area contributed by atoms with Crippen LogP contribution in [0.3, 0.4) is 0 Å². The van der Waals surface area contributed by atoms with Crippen LogP contribution in [-0.2, 0) is 21.3 Å². The van der Waals surface area contributed by atoms with Crippen LogP contribution in [-0.4, -0.2) is 29.6 Å². The molecule has 0 aliphatic heterocycles. The number of ether oxygens (including phenoxy) is 1. The zero-order valence-electron chi connectivity index (χ0n) is 16.8. The lowest BCUT2D eigenvalue weighted by Crippen LogP contribution is -2.24. The molecule has 2 aromatic rings. The molecule has 0 amide bonds. The summed E-state index contributed by atoms with van der Waals surface area (Å²) in [5.74, 6) is 0.792. The van der Waals surface area contributed by atoms with Crippen molar-refractivity contribution in [3.63, 3.8) is 0 Å². The van der Waals surface area contributed by atoms with Gasteiger partial charge >= 0.3 is 0 Å². The molecule has 0 radical (unpaired) electrons. The molecule has 1 aliphatic carbocycles. The van der Waals surface area contributed by atoms with Gasteiger partial charge in [0.2, 0.25) is 0 Å². The van der Waals surface area contributed by atoms with Gasteiger partial charge in [0.15, 0.2) is 15.6 Å². The van der Waals surface area contributed by atoms with Crippen LogP contribution in [0.2, 0.25) is 0 Å². The minimum absolute atomic E-state index is 0.192. The lowest BCUT2D eigenvalue weighted by molar-refractivity contribution is 0.0670. The number of benzene rings is 1. The van der Waals surface area contributed by atoms with E-state index in [9.17, 15) is 18.8 Å². The maximum atomic E-state index is 11.9. The van der Waals surface area contributed by atoms with Crippen molar-refractivity contribution < 1.29 is 18.3 Å². The number of rotatable bonds is 6. The fourth-order valence-electron chi connectivity index (χ4n) is 3.37. The van der Waals surface area contributed by atoms with Gasteiger partial charge in [0.25, 0.3) is 0 Å². The van der Waals surface area contributed by atoms with E-state index in [0.717, 1.165) is 30.2 Å². The number of nitrogens with zero attached hydrogens (tertiary/aromatic N) is 3. The van der Waals surface area contributed by atoms with Gasteiger partial charge in [-0.05, 0) is 63.8 Å². The summed E-state index contributed by atoms with van der Waals surface area (Å²) in [5.41, 5.74) is 1.83. The minimum Gasteiger partial charge on any atom is -0.453 e. The van der Waals surface area contributed by atoms with Crippen molar-refractivity contribution in [2.24, 2.45) is 0 Å². The predicted octanol–water partition coefficient (Wildman–Crippen LogP) is 3.27. The summed E-state index contributed by atoms with van der Waals surface area (Å²) >= 11 is 0. The number of sulfone groups is 1. The number of nitriles is 1. The minimum atomic E-state index is -3.37. The molecule has 8 heteroatoms. The van der Waals surface area contributed by atoms with E-state index in [1.54, 1.807) is 26.0 Å². The van der Waals surface area contributed by atoms with E-state index in [2.05, 4.69) is 11.2 Å². The molecule has 0 unspecified atom stereocenters. The van der Waals surface area contributed by atoms with Gasteiger partial charge in [-0.2, -0.15) is 10.4 Å². The summed E-state index contributed by atoms with van der Waals surface area (Å²) in [6, 6.07) is 5.72. The lowest BCUT2D eigenvalue weighted by atomic mass is 10.0. The Morgan fingerprint density at radius 1 is 1.32 bits per heavy atom. The molecule has 0 saturated heterocycles. The van der Waals surface area contributed by atoms with Crippen LogP contribution >= 0.6 is 0 Å². The van der Waals surface area contributed by atoms with Crippen molar-refractivity contribution in [1.29, 1.82) is 5.26 Å². The Labute approximate surface area is 165 Å². The van der Waals surface area contributed by atoms with Crippen molar-refractivity contribution >= 4 is 9.84 Å². The Morgan fingerprint density at radius 2 is 1.89 bits per heavy atom. The normalized spacial score (nSPS) is 14.8. The smallest absolute Gasteiger partial charge is 0.175 e. The molecule has 0 spiro atoms. The van der Waals surface area contributed by atoms with Gasteiger partial charge in [0.05, 0.1) is 11.6 Å². The first-order chi connectivity index (χ1) is 12.9. The van der Waals surface area contributed by atoms with E-state index >= 15 is 0 Å². The lowest BCUT2D eigenvalue weighted by Gasteiger charge is -2.21. The average Bonchev–Trinajstić information content (AvgIpc) is 3.28. The quantitative estimate of drug-likeness (QED) is 0.793. The maximum absolute atomic E-state index is 11.9. The molecule has 1 heterocycles. The first-order valence-electron chi connectivity index (χ1n) is 9.11. The summed E-state index contributed by atoms with van der Waals surface area (Å²) in [7, 11) is -3.37. The first-order valence-corrected chi connectivity index (χ1v) is 11.2. The number of hydrogen-bond acceptors (Lipinski definition) is 6. The Hall–Kier alpha value is -2.37. The molecule has 7 nitrogen and oxygen atoms in total. The second kappa shape index (κ2) is 6.90. The Bertz CT molecular complexity index is 1050. The zero-order valence-corrected chi connectivity index (χ0v) is 17.6. The van der Waals surface area contributed by atoms with Gasteiger partial charge in [-0.1, -0.05) is 0 Å². The molecule has 0 bridgehead atoms. The van der Waals surface area contributed by atoms with Gasteiger partial charge in [-0.15, -0.1) is 0 Å². The summed E-state index contributed by atoms with van der Waals surface area (Å²) in [6.45, 7) is 6.84. The van der Waals surface area contributed by atoms with E-state index in [4.69, 9.17) is 4.74 Å². The molecule has 1 aromatic carbocycles. The molecule has 1 saturated carbocycles. The largest absolute Gasteiger partial charge is 0.453 e. The SMILES string of the molecule is Cc1cc(Oc2c(C3CC3)nn(CS(C)(=O)=O)c2C(C)(C)O)cc(C)c1C#N. The topological polar surface area (TPSA) is 105 Å². The third kappa shape index (κ3) is 4.21. The number of aliphatic hydroxyl groups is 1. The molecule has 28 heavy (non-hydrogen) atoms. The van der Waals surface area contributed by atoms with Gasteiger partial charge in [-0.3, -0.25) is 0 Å². The molecular weight excluding hydrogens is 378 g/mol. The zero-order chi connectivity index (χ0) is 20.9. The summed E-state index contributed by atoms with van der Waals surface area (Å²) in [6.07, 6.45) is 3.03. The highest BCUT2D eigenvalue weighted by molar-refractivity contribution is 7.89. The highest BCUT2D eigenvalue weighted by Gasteiger charge is 2.38. The van der Waals surface area contributed by atoms with Crippen molar-refractivity contribution in [3.05, 3.63) is 40.2 Å². The molecule has 0 atom stereocenters. The van der Waals surface area contributed by atoms with Crippen molar-refractivity contribution in [1.82, 2.24) is 9.78 Å². The van der Waals surface area contributed by atoms with E-state index in [0.29, 0.717) is 28.5 Å². The van der Waals surface area contributed by atoms with Crippen molar-refractivity contribution in [2.45, 2.75) is 57.9 Å². The van der Waals surface area contributed by atoms with Gasteiger partial charge in [0.1, 0.15) is 28.6 Å². The summed E-state index contributed by atoms with van der Waals surface area (Å²) < 4.78 is 31.3. The van der Waals surface area contributed by atoms with Crippen LogP contribution in [0.5, 0.6) is 11.5 Å². The van der Waals surface area contributed by atoms with Crippen molar-refractivity contribution in [2.75, 3.05) is 6.26 Å². The van der Waals surface area contributed by atoms with E-state index in [-0.39, 0.29) is 11.8 Å². The first kappa shape index (κ1) is 20.4. The van der Waals surface area contributed by atoms with Crippen LogP contribution in [0.25, 0.3) is 0 Å². The van der Waals surface area contributed by atoms with Crippen LogP contribution in [0, 0.1) is 25.2 Å². The average molecular weight is 404 g/mol. The predicted molar refractivity (Wildman–Crippen MR) is 105 cm³/mol. The Balaban J connectivity index is 2.15. The summed E-state index contributed by atoms with van der Waals surface area (Å²) in [4.78, 5) is 0. The molecule has 1 fully saturated rings. The third-order valence-electron chi connectivity index (χ3n) is 4.67. The molecule has 1 aromatic heterocycles. The fourth-order valence-corrected chi connectivity index (χ4v) is 4.01. The van der Waals surface area contributed by atoms with Crippen LogP contribution in [0.1, 0.15) is 60.7 Å². The van der Waals surface area contributed by atoms with E-state index < -0.39 is 15.4 Å². The fraction of sp³-hybridized carbons (Fsp3) is 0.500. The molecular formula is C20H25N3O4S. The van der Waals surface area contributed by atoms with Gasteiger partial charge in [-0.25, -0.2) is 13.1 Å². The monoisotopic (exact) mass is 403 g/mol. The van der Waals surface area contributed by atoms with Gasteiger partial charge < -0.3 is 9.84 Å². The highest BCUT2D eigenvalue weighted by Crippen LogP contribution is 2.48. The maximum Gasteiger partial charge on any atom is 0.175 e. The third-order valence-corrected chi connectivity index (χ3v) is 5.39. The van der Waals surface area contributed by atoms with Crippen LogP contribution in [0.4, 0.5) is 0 Å². The highest BCUT2D eigenvalue weighted by atomic mass is 32.2. The summed E-state index contributed by atoms with van der Waals surface area (Å²) in [5, 5.41) is 24.5. The second-order valence-electron chi connectivity index (χ2n) is 8.10.